The van der Waals surface area contributed by atoms with Crippen LogP contribution in [0.15, 0.2) is 24.3 Å². The van der Waals surface area contributed by atoms with E-state index in [1.807, 2.05) is 12.1 Å². The third-order valence-corrected chi connectivity index (χ3v) is 4.49. The molecule has 0 atom stereocenters. The minimum absolute atomic E-state index is 0.338. The molecule has 0 aromatic heterocycles. The van der Waals surface area contributed by atoms with Gasteiger partial charge >= 0.3 is 0 Å². The van der Waals surface area contributed by atoms with Crippen LogP contribution in [0.25, 0.3) is 0 Å². The summed E-state index contributed by atoms with van der Waals surface area (Å²) in [6.45, 7) is 0. The quantitative estimate of drug-likeness (QED) is 0.571. The second-order valence-corrected chi connectivity index (χ2v) is 5.97. The van der Waals surface area contributed by atoms with Crippen LogP contribution in [0.4, 0.5) is 0 Å². The molecule has 106 valence electrons. The highest BCUT2D eigenvalue weighted by atomic mass is 16.1. The lowest BCUT2D eigenvalue weighted by molar-refractivity contribution is -0.112. The number of carbonyl (C=O) groups is 1. The monoisotopic (exact) mass is 269 g/mol. The normalized spacial score (nSPS) is 22.1. The fraction of sp³-hybridized carbons (Fsp3) is 0.556. The Labute approximate surface area is 121 Å². The molecule has 1 aliphatic carbocycles. The van der Waals surface area contributed by atoms with Gasteiger partial charge in [-0.2, -0.15) is 5.26 Å². The third-order valence-electron chi connectivity index (χ3n) is 4.49. The molecule has 0 bridgehead atoms. The molecule has 0 spiro atoms. The summed E-state index contributed by atoms with van der Waals surface area (Å²) in [6.07, 6.45) is 10.7. The van der Waals surface area contributed by atoms with E-state index in [1.165, 1.54) is 37.7 Å². The zero-order chi connectivity index (χ0) is 14.2. The maximum atomic E-state index is 10.7. The Morgan fingerprint density at radius 2 is 1.80 bits per heavy atom. The number of hydrogen-bond donors (Lipinski definition) is 0. The topological polar surface area (TPSA) is 40.9 Å². The summed E-state index contributed by atoms with van der Waals surface area (Å²) in [6, 6.07) is 10.1. The van der Waals surface area contributed by atoms with Crippen LogP contribution in [0.1, 0.15) is 56.1 Å². The Morgan fingerprint density at radius 1 is 1.10 bits per heavy atom. The summed E-state index contributed by atoms with van der Waals surface area (Å²) in [5.74, 6) is 1.18. The molecule has 0 heterocycles. The fourth-order valence-electron chi connectivity index (χ4n) is 3.12. The van der Waals surface area contributed by atoms with Crippen LogP contribution in [0, 0.1) is 23.2 Å². The molecular formula is C18H23NO. The number of benzene rings is 1. The summed E-state index contributed by atoms with van der Waals surface area (Å²) >= 11 is 0. The summed E-state index contributed by atoms with van der Waals surface area (Å²) in [4.78, 5) is 10.7. The Bertz CT molecular complexity index is 449. The number of rotatable bonds is 6. The Balaban J connectivity index is 1.62. The van der Waals surface area contributed by atoms with Gasteiger partial charge in [0.05, 0.1) is 11.6 Å². The number of aryl methyl sites for hydroxylation is 1. The van der Waals surface area contributed by atoms with Crippen molar-refractivity contribution in [1.29, 1.82) is 5.26 Å². The van der Waals surface area contributed by atoms with Crippen molar-refractivity contribution in [3.05, 3.63) is 35.4 Å². The molecule has 0 aliphatic heterocycles. The minimum atomic E-state index is 0.338. The van der Waals surface area contributed by atoms with Gasteiger partial charge in [-0.15, -0.1) is 0 Å². The highest BCUT2D eigenvalue weighted by molar-refractivity contribution is 5.53. The van der Waals surface area contributed by atoms with Crippen LogP contribution in [0.2, 0.25) is 0 Å². The van der Waals surface area contributed by atoms with Crippen LogP contribution in [-0.2, 0) is 11.2 Å². The molecule has 1 saturated carbocycles. The summed E-state index contributed by atoms with van der Waals surface area (Å²) in [7, 11) is 0. The standard InChI is InChI=1S/C18H23NO/c19-13-17-9-5-15(6-10-17)3-1-2-4-16-7-11-18(14-20)12-8-16/h5-6,9-10,14,16,18H,1-4,7-8,11-12H2. The largest absolute Gasteiger partial charge is 0.303 e. The van der Waals surface area contributed by atoms with Gasteiger partial charge in [0.2, 0.25) is 0 Å². The summed E-state index contributed by atoms with van der Waals surface area (Å²) < 4.78 is 0. The van der Waals surface area contributed by atoms with Gasteiger partial charge in [0, 0.05) is 5.92 Å². The highest BCUT2D eigenvalue weighted by Crippen LogP contribution is 2.30. The second kappa shape index (κ2) is 7.85. The van der Waals surface area contributed by atoms with E-state index in [-0.39, 0.29) is 0 Å². The SMILES string of the molecule is N#Cc1ccc(CCCCC2CCC(C=O)CC2)cc1. The van der Waals surface area contributed by atoms with Gasteiger partial charge in [0.1, 0.15) is 6.29 Å². The van der Waals surface area contributed by atoms with Gasteiger partial charge in [-0.05, 0) is 62.1 Å². The zero-order valence-electron chi connectivity index (χ0n) is 12.1. The first-order valence-corrected chi connectivity index (χ1v) is 7.76. The molecule has 20 heavy (non-hydrogen) atoms. The molecule has 0 amide bonds. The first kappa shape index (κ1) is 14.8. The van der Waals surface area contributed by atoms with Gasteiger partial charge in [-0.3, -0.25) is 0 Å². The van der Waals surface area contributed by atoms with Crippen LogP contribution < -0.4 is 0 Å². The van der Waals surface area contributed by atoms with Crippen molar-refractivity contribution in [2.24, 2.45) is 11.8 Å². The number of hydrogen-bond acceptors (Lipinski definition) is 2. The van der Waals surface area contributed by atoms with Gasteiger partial charge in [0.15, 0.2) is 0 Å². The number of carbonyl (C=O) groups excluding carboxylic acids is 1. The Kier molecular flexibility index (Phi) is 5.80. The summed E-state index contributed by atoms with van der Waals surface area (Å²) in [5, 5.41) is 8.75. The van der Waals surface area contributed by atoms with Crippen molar-refractivity contribution < 1.29 is 4.79 Å². The lowest BCUT2D eigenvalue weighted by Gasteiger charge is -2.25. The second-order valence-electron chi connectivity index (χ2n) is 5.97. The first-order chi connectivity index (χ1) is 9.81. The van der Waals surface area contributed by atoms with Gasteiger partial charge in [0.25, 0.3) is 0 Å². The molecule has 1 aromatic rings. The van der Waals surface area contributed by atoms with Crippen molar-refractivity contribution in [2.45, 2.75) is 51.4 Å². The van der Waals surface area contributed by atoms with Gasteiger partial charge < -0.3 is 4.79 Å². The maximum Gasteiger partial charge on any atom is 0.123 e. The van der Waals surface area contributed by atoms with Crippen molar-refractivity contribution in [3.8, 4) is 6.07 Å². The van der Waals surface area contributed by atoms with E-state index >= 15 is 0 Å². The number of nitriles is 1. The number of unbranched alkanes of at least 4 members (excludes halogenated alkanes) is 1. The molecule has 1 aliphatic rings. The molecule has 1 aromatic carbocycles. The van der Waals surface area contributed by atoms with Crippen LogP contribution in [0.5, 0.6) is 0 Å². The predicted molar refractivity (Wildman–Crippen MR) is 80.2 cm³/mol. The first-order valence-electron chi connectivity index (χ1n) is 7.76. The fourth-order valence-corrected chi connectivity index (χ4v) is 3.12. The average molecular weight is 269 g/mol. The van der Waals surface area contributed by atoms with E-state index in [1.54, 1.807) is 0 Å². The highest BCUT2D eigenvalue weighted by Gasteiger charge is 2.19. The lowest BCUT2D eigenvalue weighted by atomic mass is 9.80. The molecule has 0 unspecified atom stereocenters. The van der Waals surface area contributed by atoms with Gasteiger partial charge in [-0.25, -0.2) is 0 Å². The Morgan fingerprint density at radius 3 is 2.40 bits per heavy atom. The van der Waals surface area contributed by atoms with Crippen LogP contribution in [0.3, 0.4) is 0 Å². The van der Waals surface area contributed by atoms with Crippen molar-refractivity contribution in [1.82, 2.24) is 0 Å². The number of aldehydes is 1. The van der Waals surface area contributed by atoms with Crippen molar-refractivity contribution in [2.75, 3.05) is 0 Å². The van der Waals surface area contributed by atoms with E-state index in [0.29, 0.717) is 5.92 Å². The molecule has 0 radical (unpaired) electrons. The van der Waals surface area contributed by atoms with E-state index in [9.17, 15) is 4.79 Å². The Hall–Kier alpha value is -1.62. The van der Waals surface area contributed by atoms with E-state index < -0.39 is 0 Å². The summed E-state index contributed by atoms with van der Waals surface area (Å²) in [5.41, 5.74) is 2.06. The minimum Gasteiger partial charge on any atom is -0.303 e. The van der Waals surface area contributed by atoms with Crippen LogP contribution >= 0.6 is 0 Å². The predicted octanol–water partition coefficient (Wildman–Crippen LogP) is 4.28. The van der Waals surface area contributed by atoms with E-state index in [4.69, 9.17) is 5.26 Å². The maximum absolute atomic E-state index is 10.7. The van der Waals surface area contributed by atoms with E-state index in [0.717, 1.165) is 37.0 Å². The third kappa shape index (κ3) is 4.49. The molecule has 2 rings (SSSR count). The number of nitrogens with zero attached hydrogens (tertiary/aromatic N) is 1. The molecule has 1 fully saturated rings. The average Bonchev–Trinajstić information content (AvgIpc) is 2.53. The van der Waals surface area contributed by atoms with Crippen LogP contribution in [-0.4, -0.2) is 6.29 Å². The molecule has 2 nitrogen and oxygen atoms in total. The molecule has 0 N–H and O–H groups in total. The molecule has 2 heteroatoms. The zero-order valence-corrected chi connectivity index (χ0v) is 12.1. The van der Waals surface area contributed by atoms with Crippen molar-refractivity contribution >= 4 is 6.29 Å². The van der Waals surface area contributed by atoms with Crippen molar-refractivity contribution in [3.63, 3.8) is 0 Å². The smallest absolute Gasteiger partial charge is 0.123 e. The lowest BCUT2D eigenvalue weighted by Crippen LogP contribution is -2.15. The van der Waals surface area contributed by atoms with Gasteiger partial charge in [-0.1, -0.05) is 25.0 Å². The molecule has 0 saturated heterocycles. The van der Waals surface area contributed by atoms with E-state index in [2.05, 4.69) is 18.2 Å². The molecular weight excluding hydrogens is 246 g/mol.